The highest BCUT2D eigenvalue weighted by atomic mass is 31.2. The molecule has 5 atom stereocenters. The summed E-state index contributed by atoms with van der Waals surface area (Å²) in [5.41, 5.74) is 12.0. The van der Waals surface area contributed by atoms with Gasteiger partial charge in [0, 0.05) is 15.0 Å². The summed E-state index contributed by atoms with van der Waals surface area (Å²) in [7, 11) is -3.08. The fourth-order valence-corrected chi connectivity index (χ4v) is 5.60. The summed E-state index contributed by atoms with van der Waals surface area (Å²) >= 11 is 0. The van der Waals surface area contributed by atoms with E-state index >= 15 is 0 Å². The van der Waals surface area contributed by atoms with Gasteiger partial charge in [-0.1, -0.05) is 0 Å². The highest BCUT2D eigenvalue weighted by molar-refractivity contribution is 7.57. The van der Waals surface area contributed by atoms with Gasteiger partial charge in [-0.25, -0.2) is 19.3 Å². The molecule has 2 aliphatic heterocycles. The number of hydrogen-bond donors (Lipinski definition) is 5. The molecule has 0 bridgehead atoms. The first-order chi connectivity index (χ1) is 20.0. The van der Waals surface area contributed by atoms with Crippen molar-refractivity contribution in [3.05, 3.63) is 35.0 Å². The third kappa shape index (κ3) is 6.79. The summed E-state index contributed by atoms with van der Waals surface area (Å²) in [5.74, 6) is -0.356. The SMILES string of the molecule is C=P(O)(O)OC[C@@H]1CC[C@H](n2cc(F)c3c(N)ncnc32)O1.CPOC[C@@H]1CC[C@H](n2cnc3c(=O)[nH]c(N)nc32)O1. The van der Waals surface area contributed by atoms with Crippen LogP contribution < -0.4 is 17.0 Å². The van der Waals surface area contributed by atoms with E-state index in [0.29, 0.717) is 39.6 Å². The zero-order chi connectivity index (χ0) is 30.0. The Morgan fingerprint density at radius 3 is 2.50 bits per heavy atom. The van der Waals surface area contributed by atoms with E-state index in [1.807, 2.05) is 6.66 Å². The lowest BCUT2D eigenvalue weighted by Crippen LogP contribution is -2.16. The molecular weight excluding hydrogens is 595 g/mol. The summed E-state index contributed by atoms with van der Waals surface area (Å²) in [6.07, 6.45) is 9.36. The molecule has 0 amide bonds. The number of anilines is 2. The van der Waals surface area contributed by atoms with Crippen LogP contribution in [0.25, 0.3) is 22.2 Å². The molecule has 42 heavy (non-hydrogen) atoms. The van der Waals surface area contributed by atoms with Gasteiger partial charge < -0.3 is 44.3 Å². The van der Waals surface area contributed by atoms with Gasteiger partial charge in [-0.2, -0.15) is 4.98 Å². The van der Waals surface area contributed by atoms with Gasteiger partial charge in [-0.05, 0) is 38.6 Å². The minimum absolute atomic E-state index is 0.0135. The molecule has 0 aliphatic carbocycles. The van der Waals surface area contributed by atoms with Crippen LogP contribution in [0.2, 0.25) is 0 Å². The Balaban J connectivity index is 0.000000169. The van der Waals surface area contributed by atoms with Gasteiger partial charge in [0.25, 0.3) is 5.56 Å². The third-order valence-electron chi connectivity index (χ3n) is 6.71. The smallest absolute Gasteiger partial charge is 0.280 e. The number of nitrogen functional groups attached to an aromatic ring is 2. The second kappa shape index (κ2) is 12.7. The molecule has 0 saturated carbocycles. The molecule has 1 unspecified atom stereocenters. The average Bonchev–Trinajstić information content (AvgIpc) is 3.72. The predicted molar refractivity (Wildman–Crippen MR) is 155 cm³/mol. The Hall–Kier alpha value is -3.01. The van der Waals surface area contributed by atoms with Gasteiger partial charge in [0.1, 0.15) is 24.6 Å². The van der Waals surface area contributed by atoms with Crippen molar-refractivity contribution in [1.29, 1.82) is 0 Å². The maximum Gasteiger partial charge on any atom is 0.280 e. The summed E-state index contributed by atoms with van der Waals surface area (Å²) in [6.45, 7) is 2.59. The molecule has 228 valence electrons. The van der Waals surface area contributed by atoms with Crippen molar-refractivity contribution in [2.24, 2.45) is 0 Å². The minimum Gasteiger partial charge on any atom is -0.383 e. The summed E-state index contributed by atoms with van der Waals surface area (Å²) in [5, 5.41) is 0.166. The zero-order valence-corrected chi connectivity index (χ0v) is 24.5. The van der Waals surface area contributed by atoms with Crippen LogP contribution in [-0.4, -0.2) is 82.2 Å². The molecular formula is C23H32FN9O7P2. The van der Waals surface area contributed by atoms with Crippen LogP contribution in [0.5, 0.6) is 0 Å². The van der Waals surface area contributed by atoms with Crippen molar-refractivity contribution < 1.29 is 32.7 Å². The van der Waals surface area contributed by atoms with Crippen molar-refractivity contribution in [2.75, 3.05) is 31.3 Å². The van der Waals surface area contributed by atoms with Crippen LogP contribution >= 0.6 is 16.4 Å². The number of halogens is 1. The second-order valence-corrected chi connectivity index (χ2v) is 12.0. The number of H-pyrrole nitrogens is 1. The van der Waals surface area contributed by atoms with Gasteiger partial charge in [0.05, 0.1) is 37.1 Å². The fraction of sp³-hybridized carbons (Fsp3) is 0.478. The van der Waals surface area contributed by atoms with E-state index in [1.165, 1.54) is 12.5 Å². The molecule has 4 aromatic rings. The Morgan fingerprint density at radius 1 is 1.12 bits per heavy atom. The summed E-state index contributed by atoms with van der Waals surface area (Å²) < 4.78 is 39.2. The first-order valence-electron chi connectivity index (χ1n) is 13.0. The molecule has 2 saturated heterocycles. The predicted octanol–water partition coefficient (Wildman–Crippen LogP) is 1.65. The topological polar surface area (TPSA) is 224 Å². The van der Waals surface area contributed by atoms with Crippen molar-refractivity contribution >= 4 is 56.6 Å². The number of imidazole rings is 1. The largest absolute Gasteiger partial charge is 0.383 e. The van der Waals surface area contributed by atoms with Gasteiger partial charge in [-0.15, -0.1) is 0 Å². The van der Waals surface area contributed by atoms with E-state index in [2.05, 4.69) is 31.2 Å². The Morgan fingerprint density at radius 2 is 1.81 bits per heavy atom. The maximum absolute atomic E-state index is 14.0. The minimum atomic E-state index is -3.54. The number of nitrogens with two attached hydrogens (primary N) is 2. The van der Waals surface area contributed by atoms with Crippen LogP contribution in [0, 0.1) is 5.82 Å². The van der Waals surface area contributed by atoms with E-state index in [9.17, 15) is 9.18 Å². The molecule has 2 aliphatic rings. The number of hydrogen-bond acceptors (Lipinski definition) is 13. The van der Waals surface area contributed by atoms with E-state index in [4.69, 9.17) is 39.8 Å². The third-order valence-corrected chi connectivity index (χ3v) is 7.73. The number of nitrogens with one attached hydrogen (secondary N) is 1. The normalized spacial score (nSPS) is 22.9. The molecule has 6 rings (SSSR count). The van der Waals surface area contributed by atoms with Crippen LogP contribution in [0.3, 0.4) is 0 Å². The zero-order valence-electron chi connectivity index (χ0n) is 22.6. The standard InChI is InChI=1S/C12H16FN4O4P.C11H16N5O3P/c1-22(18,19)20-5-7-2-3-9(21-7)17-4-8(13)10-11(14)15-6-16-12(10)17;1-20-18-4-6-2-3-7(19-6)16-5-13-8-9(16)14-11(12)15-10(8)17/h4,6-7,9,18-19H,1-3,5H2,(H2,14,15,16);5-7,20H,2-4H2,1H3,(H3,12,14,15,17)/t7-,9+;6-,7+/m00/s1. The van der Waals surface area contributed by atoms with Gasteiger partial charge in [0.15, 0.2) is 22.6 Å². The number of fused-ring (bicyclic) bond motifs is 2. The highest BCUT2D eigenvalue weighted by Gasteiger charge is 2.30. The Bertz CT molecular complexity index is 1660. The van der Waals surface area contributed by atoms with Crippen LogP contribution in [0.15, 0.2) is 23.6 Å². The van der Waals surface area contributed by atoms with E-state index in [-0.39, 0.29) is 53.3 Å². The van der Waals surface area contributed by atoms with E-state index in [1.54, 1.807) is 15.5 Å². The molecule has 4 aromatic heterocycles. The van der Waals surface area contributed by atoms with Crippen LogP contribution in [-0.2, 0) is 18.5 Å². The van der Waals surface area contributed by atoms with E-state index in [0.717, 1.165) is 12.8 Å². The summed E-state index contributed by atoms with van der Waals surface area (Å²) in [6, 6.07) is 0. The lowest BCUT2D eigenvalue weighted by atomic mass is 10.2. The van der Waals surface area contributed by atoms with E-state index < -0.39 is 19.6 Å². The average molecular weight is 628 g/mol. The molecule has 19 heteroatoms. The second-order valence-electron chi connectivity index (χ2n) is 9.67. The Labute approximate surface area is 240 Å². The lowest BCUT2D eigenvalue weighted by Gasteiger charge is -2.17. The van der Waals surface area contributed by atoms with Crippen LogP contribution in [0.4, 0.5) is 16.2 Å². The quantitative estimate of drug-likeness (QED) is 0.176. The molecule has 6 heterocycles. The number of nitrogens with zero attached hydrogens (tertiary/aromatic N) is 6. The molecule has 0 radical (unpaired) electrons. The summed E-state index contributed by atoms with van der Waals surface area (Å²) in [4.78, 5) is 48.5. The van der Waals surface area contributed by atoms with Gasteiger partial charge >= 0.3 is 0 Å². The van der Waals surface area contributed by atoms with Gasteiger partial charge in [0.2, 0.25) is 13.5 Å². The molecule has 0 aromatic carbocycles. The monoisotopic (exact) mass is 627 g/mol. The van der Waals surface area contributed by atoms with Crippen molar-refractivity contribution in [3.8, 4) is 0 Å². The van der Waals surface area contributed by atoms with Crippen molar-refractivity contribution in [1.82, 2.24) is 34.1 Å². The number of aromatic amines is 1. The lowest BCUT2D eigenvalue weighted by molar-refractivity contribution is -0.0179. The number of ether oxygens (including phenoxy) is 2. The van der Waals surface area contributed by atoms with Crippen molar-refractivity contribution in [3.63, 3.8) is 0 Å². The van der Waals surface area contributed by atoms with Crippen molar-refractivity contribution in [2.45, 2.75) is 50.3 Å². The fourth-order valence-electron chi connectivity index (χ4n) is 4.84. The van der Waals surface area contributed by atoms with Gasteiger partial charge in [-0.3, -0.25) is 14.3 Å². The molecule has 16 nitrogen and oxygen atoms in total. The first-order valence-corrected chi connectivity index (χ1v) is 16.2. The Kier molecular flexibility index (Phi) is 9.20. The first kappa shape index (κ1) is 30.4. The maximum atomic E-state index is 14.0. The molecule has 2 fully saturated rings. The highest BCUT2D eigenvalue weighted by Crippen LogP contribution is 2.38. The molecule has 0 spiro atoms. The number of aromatic nitrogens is 7. The number of rotatable bonds is 8. The van der Waals surface area contributed by atoms with Crippen LogP contribution in [0.1, 0.15) is 38.1 Å². The molecule has 7 N–H and O–H groups in total.